The van der Waals surface area contributed by atoms with Crippen LogP contribution in [0.5, 0.6) is 0 Å². The molecule has 1 heterocycles. The van der Waals surface area contributed by atoms with Crippen molar-refractivity contribution in [2.45, 2.75) is 26.9 Å². The molecule has 0 spiro atoms. The Labute approximate surface area is 158 Å². The van der Waals surface area contributed by atoms with Crippen LogP contribution in [0.2, 0.25) is 0 Å². The Hall–Kier alpha value is -2.66. The van der Waals surface area contributed by atoms with Crippen LogP contribution in [0.25, 0.3) is 10.9 Å². The van der Waals surface area contributed by atoms with Gasteiger partial charge in [0.25, 0.3) is 5.56 Å². The third kappa shape index (κ3) is 3.94. The number of nitrogens with one attached hydrogen (secondary N) is 2. The molecule has 2 N–H and O–H groups in total. The van der Waals surface area contributed by atoms with E-state index in [4.69, 9.17) is 12.2 Å². The van der Waals surface area contributed by atoms with Gasteiger partial charge in [-0.3, -0.25) is 4.79 Å². The molecule has 2 aromatic carbocycles. The van der Waals surface area contributed by atoms with Gasteiger partial charge in [-0.05, 0) is 48.6 Å². The van der Waals surface area contributed by atoms with E-state index in [1.807, 2.05) is 36.1 Å². The smallest absolute Gasteiger partial charge is 0.253 e. The van der Waals surface area contributed by atoms with Crippen LogP contribution in [0, 0.1) is 13.8 Å². The summed E-state index contributed by atoms with van der Waals surface area (Å²) < 4.78 is 0. The number of para-hydroxylation sites is 1. The number of rotatable bonds is 4. The number of fused-ring (bicyclic) bond motifs is 1. The van der Waals surface area contributed by atoms with Gasteiger partial charge in [-0.1, -0.05) is 48.0 Å². The molecule has 4 nitrogen and oxygen atoms in total. The molecule has 0 radical (unpaired) electrons. The highest BCUT2D eigenvalue weighted by atomic mass is 32.1. The van der Waals surface area contributed by atoms with Crippen LogP contribution in [0.1, 0.15) is 22.3 Å². The van der Waals surface area contributed by atoms with Gasteiger partial charge in [0, 0.05) is 19.2 Å². The SMILES string of the molecule is CNC(=S)N(Cc1ccc(C)cc1)Cc1cc2cccc(C)c2[nH]c1=O. The normalized spacial score (nSPS) is 10.7. The second kappa shape index (κ2) is 7.70. The van der Waals surface area contributed by atoms with Crippen molar-refractivity contribution >= 4 is 28.2 Å². The zero-order chi connectivity index (χ0) is 18.7. The molecular weight excluding hydrogens is 342 g/mol. The molecule has 0 fully saturated rings. The minimum atomic E-state index is -0.0698. The van der Waals surface area contributed by atoms with Crippen LogP contribution in [0.15, 0.2) is 53.3 Å². The lowest BCUT2D eigenvalue weighted by Crippen LogP contribution is -2.38. The highest BCUT2D eigenvalue weighted by Gasteiger charge is 2.13. The van der Waals surface area contributed by atoms with Gasteiger partial charge < -0.3 is 15.2 Å². The third-order valence-corrected chi connectivity index (χ3v) is 4.98. The average Bonchev–Trinajstić information content (AvgIpc) is 2.63. The van der Waals surface area contributed by atoms with Crippen molar-refractivity contribution in [3.8, 4) is 0 Å². The number of hydrogen-bond donors (Lipinski definition) is 2. The zero-order valence-corrected chi connectivity index (χ0v) is 16.1. The summed E-state index contributed by atoms with van der Waals surface area (Å²) in [7, 11) is 1.80. The Morgan fingerprint density at radius 2 is 1.85 bits per heavy atom. The fourth-order valence-corrected chi connectivity index (χ4v) is 3.15. The first-order valence-electron chi connectivity index (χ1n) is 8.61. The summed E-state index contributed by atoms with van der Waals surface area (Å²) in [5.74, 6) is 0. The number of nitrogens with zero attached hydrogens (tertiary/aromatic N) is 1. The van der Waals surface area contributed by atoms with Crippen molar-refractivity contribution < 1.29 is 0 Å². The van der Waals surface area contributed by atoms with Crippen LogP contribution < -0.4 is 10.9 Å². The van der Waals surface area contributed by atoms with Crippen molar-refractivity contribution in [2.75, 3.05) is 7.05 Å². The van der Waals surface area contributed by atoms with Gasteiger partial charge in [0.1, 0.15) is 0 Å². The highest BCUT2D eigenvalue weighted by molar-refractivity contribution is 7.80. The van der Waals surface area contributed by atoms with E-state index in [0.29, 0.717) is 23.8 Å². The van der Waals surface area contributed by atoms with Gasteiger partial charge >= 0.3 is 0 Å². The Kier molecular flexibility index (Phi) is 5.38. The maximum absolute atomic E-state index is 12.6. The van der Waals surface area contributed by atoms with Gasteiger partial charge in [0.05, 0.1) is 12.1 Å². The first-order chi connectivity index (χ1) is 12.5. The molecule has 0 unspecified atom stereocenters. The monoisotopic (exact) mass is 365 g/mol. The maximum atomic E-state index is 12.6. The molecule has 134 valence electrons. The van der Waals surface area contributed by atoms with E-state index in [1.54, 1.807) is 7.05 Å². The lowest BCUT2D eigenvalue weighted by atomic mass is 10.1. The Balaban J connectivity index is 1.92. The van der Waals surface area contributed by atoms with Crippen LogP contribution in [0.3, 0.4) is 0 Å². The lowest BCUT2D eigenvalue weighted by molar-refractivity contribution is 0.401. The number of aryl methyl sites for hydroxylation is 2. The van der Waals surface area contributed by atoms with Gasteiger partial charge in [-0.15, -0.1) is 0 Å². The number of aromatic amines is 1. The van der Waals surface area contributed by atoms with Crippen molar-refractivity contribution in [1.29, 1.82) is 0 Å². The van der Waals surface area contributed by atoms with E-state index < -0.39 is 0 Å². The van der Waals surface area contributed by atoms with Crippen LogP contribution in [-0.2, 0) is 13.1 Å². The molecule has 3 rings (SSSR count). The fraction of sp³-hybridized carbons (Fsp3) is 0.238. The molecule has 5 heteroatoms. The quantitative estimate of drug-likeness (QED) is 0.693. The summed E-state index contributed by atoms with van der Waals surface area (Å²) in [6, 6.07) is 16.3. The molecule has 0 aliphatic carbocycles. The summed E-state index contributed by atoms with van der Waals surface area (Å²) in [5.41, 5.74) is 4.96. The van der Waals surface area contributed by atoms with Crippen molar-refractivity contribution in [2.24, 2.45) is 0 Å². The summed E-state index contributed by atoms with van der Waals surface area (Å²) in [6.07, 6.45) is 0. The highest BCUT2D eigenvalue weighted by Crippen LogP contribution is 2.17. The number of thiocarbonyl (C=S) groups is 1. The topological polar surface area (TPSA) is 48.1 Å². The van der Waals surface area contributed by atoms with Gasteiger partial charge in [0.15, 0.2) is 5.11 Å². The molecule has 0 amide bonds. The van der Waals surface area contributed by atoms with Gasteiger partial charge in [0.2, 0.25) is 0 Å². The molecule has 26 heavy (non-hydrogen) atoms. The molecule has 0 aliphatic heterocycles. The lowest BCUT2D eigenvalue weighted by Gasteiger charge is -2.25. The summed E-state index contributed by atoms with van der Waals surface area (Å²) >= 11 is 5.46. The van der Waals surface area contributed by atoms with Crippen LogP contribution >= 0.6 is 12.2 Å². The molecular formula is C21H23N3OS. The van der Waals surface area contributed by atoms with E-state index in [1.165, 1.54) is 5.56 Å². The van der Waals surface area contributed by atoms with Crippen LogP contribution in [-0.4, -0.2) is 22.0 Å². The van der Waals surface area contributed by atoms with E-state index in [0.717, 1.165) is 22.0 Å². The molecule has 0 aliphatic rings. The number of aromatic nitrogens is 1. The number of pyridine rings is 1. The molecule has 3 aromatic rings. The van der Waals surface area contributed by atoms with E-state index >= 15 is 0 Å². The number of H-pyrrole nitrogens is 1. The van der Waals surface area contributed by atoms with E-state index in [-0.39, 0.29) is 5.56 Å². The third-order valence-electron chi connectivity index (χ3n) is 4.52. The summed E-state index contributed by atoms with van der Waals surface area (Å²) in [6.45, 7) is 5.16. The molecule has 0 bridgehead atoms. The minimum absolute atomic E-state index is 0.0698. The number of hydrogen-bond acceptors (Lipinski definition) is 2. The standard InChI is InChI=1S/C21H23N3OS/c1-14-7-9-16(10-8-14)12-24(21(26)22-3)13-18-11-17-6-4-5-15(2)19(17)23-20(18)25/h4-11H,12-13H2,1-3H3,(H,22,26)(H,23,25). The van der Waals surface area contributed by atoms with Gasteiger partial charge in [-0.2, -0.15) is 0 Å². The predicted molar refractivity (Wildman–Crippen MR) is 111 cm³/mol. The van der Waals surface area contributed by atoms with Crippen molar-refractivity contribution in [1.82, 2.24) is 15.2 Å². The van der Waals surface area contributed by atoms with Crippen molar-refractivity contribution in [3.05, 3.63) is 81.1 Å². The first kappa shape index (κ1) is 18.1. The Morgan fingerprint density at radius 1 is 1.12 bits per heavy atom. The maximum Gasteiger partial charge on any atom is 0.253 e. The minimum Gasteiger partial charge on any atom is -0.366 e. The Bertz CT molecular complexity index is 992. The second-order valence-corrected chi connectivity index (χ2v) is 6.95. The Morgan fingerprint density at radius 3 is 2.54 bits per heavy atom. The molecule has 0 atom stereocenters. The van der Waals surface area contributed by atoms with E-state index in [9.17, 15) is 4.79 Å². The predicted octanol–water partition coefficient (Wildman–Crippen LogP) is 3.65. The van der Waals surface area contributed by atoms with E-state index in [2.05, 4.69) is 41.5 Å². The molecule has 1 aromatic heterocycles. The second-order valence-electron chi connectivity index (χ2n) is 6.56. The zero-order valence-electron chi connectivity index (χ0n) is 15.3. The molecule has 0 saturated heterocycles. The number of benzene rings is 2. The molecule has 0 saturated carbocycles. The summed E-state index contributed by atoms with van der Waals surface area (Å²) in [4.78, 5) is 17.6. The van der Waals surface area contributed by atoms with Crippen molar-refractivity contribution in [3.63, 3.8) is 0 Å². The van der Waals surface area contributed by atoms with Crippen LogP contribution in [0.4, 0.5) is 0 Å². The fourth-order valence-electron chi connectivity index (χ4n) is 3.02. The van der Waals surface area contributed by atoms with Gasteiger partial charge in [-0.25, -0.2) is 0 Å². The largest absolute Gasteiger partial charge is 0.366 e. The first-order valence-corrected chi connectivity index (χ1v) is 9.02. The summed E-state index contributed by atoms with van der Waals surface area (Å²) in [5, 5.41) is 4.68. The average molecular weight is 366 g/mol.